The molecule has 1 rings (SSSR count). The second-order valence-electron chi connectivity index (χ2n) is 2.74. The lowest BCUT2D eigenvalue weighted by Gasteiger charge is -2.12. The van der Waals surface area contributed by atoms with Crippen LogP contribution < -0.4 is 0 Å². The number of thiol groups is 1. The van der Waals surface area contributed by atoms with E-state index in [0.717, 1.165) is 0 Å². The molecule has 0 fully saturated rings. The molecule has 1 aromatic rings. The van der Waals surface area contributed by atoms with E-state index in [-0.39, 0.29) is 6.61 Å². The van der Waals surface area contributed by atoms with E-state index in [0.29, 0.717) is 5.56 Å². The Hall–Kier alpha value is -1.18. The van der Waals surface area contributed by atoms with Crippen LogP contribution in [-0.4, -0.2) is 12.1 Å². The van der Waals surface area contributed by atoms with Crippen LogP contribution in [0.25, 0.3) is 0 Å². The van der Waals surface area contributed by atoms with Crippen LogP contribution in [0.2, 0.25) is 0 Å². The lowest BCUT2D eigenvalue weighted by molar-refractivity contribution is -0.369. The molecule has 0 aromatic heterocycles. The summed E-state index contributed by atoms with van der Waals surface area (Å²) >= 11 is 2.94. The maximum absolute atomic E-state index is 12.6. The maximum Gasteiger partial charge on any atom is 0.483 e. The molecule has 0 aliphatic carbocycles. The first-order valence-corrected chi connectivity index (χ1v) is 4.51. The molecular formula is C9H8F2O4S. The zero-order valence-corrected chi connectivity index (χ0v) is 8.82. The average Bonchev–Trinajstić information content (AvgIpc) is 2.27. The first kappa shape index (κ1) is 12.9. The van der Waals surface area contributed by atoms with Crippen LogP contribution in [0.15, 0.2) is 30.3 Å². The van der Waals surface area contributed by atoms with E-state index in [2.05, 4.69) is 26.9 Å². The highest BCUT2D eigenvalue weighted by Crippen LogP contribution is 2.19. The Balaban J connectivity index is 2.47. The Kier molecular flexibility index (Phi) is 4.66. The average molecular weight is 250 g/mol. The SMILES string of the molecule is O=C(OCc1ccccc1)C(F)(F)OOS. The topological polar surface area (TPSA) is 44.8 Å². The van der Waals surface area contributed by atoms with Crippen LogP contribution >= 0.6 is 12.9 Å². The van der Waals surface area contributed by atoms with Crippen molar-refractivity contribution in [1.29, 1.82) is 0 Å². The van der Waals surface area contributed by atoms with Gasteiger partial charge in [-0.2, -0.15) is 13.1 Å². The van der Waals surface area contributed by atoms with Gasteiger partial charge in [0, 0.05) is 12.9 Å². The number of benzene rings is 1. The molecule has 88 valence electrons. The highest BCUT2D eigenvalue weighted by atomic mass is 32.1. The van der Waals surface area contributed by atoms with E-state index in [1.807, 2.05) is 0 Å². The Morgan fingerprint density at radius 3 is 2.50 bits per heavy atom. The molecule has 0 radical (unpaired) electrons. The molecule has 0 amide bonds. The van der Waals surface area contributed by atoms with Crippen molar-refractivity contribution < 1.29 is 27.5 Å². The minimum atomic E-state index is -4.17. The number of esters is 1. The van der Waals surface area contributed by atoms with E-state index in [4.69, 9.17) is 0 Å². The molecule has 7 heteroatoms. The first-order valence-electron chi connectivity index (χ1n) is 4.14. The number of carbonyl (C=O) groups is 1. The highest BCUT2D eigenvalue weighted by molar-refractivity contribution is 7.74. The van der Waals surface area contributed by atoms with Crippen molar-refractivity contribution in [2.75, 3.05) is 0 Å². The van der Waals surface area contributed by atoms with Gasteiger partial charge in [-0.05, 0) is 5.56 Å². The van der Waals surface area contributed by atoms with Gasteiger partial charge in [0.25, 0.3) is 0 Å². The van der Waals surface area contributed by atoms with Crippen molar-refractivity contribution in [3.63, 3.8) is 0 Å². The summed E-state index contributed by atoms with van der Waals surface area (Å²) in [6.45, 7) is -0.273. The lowest BCUT2D eigenvalue weighted by Crippen LogP contribution is -2.33. The van der Waals surface area contributed by atoms with Crippen LogP contribution in [0.1, 0.15) is 5.56 Å². The molecule has 0 unspecified atom stereocenters. The van der Waals surface area contributed by atoms with E-state index in [1.165, 1.54) is 0 Å². The summed E-state index contributed by atoms with van der Waals surface area (Å²) in [5.74, 6) is -1.84. The predicted molar refractivity (Wildman–Crippen MR) is 52.3 cm³/mol. The first-order chi connectivity index (χ1) is 7.56. The van der Waals surface area contributed by atoms with Gasteiger partial charge in [0.1, 0.15) is 6.61 Å². The molecule has 0 aliphatic heterocycles. The van der Waals surface area contributed by atoms with Gasteiger partial charge in [-0.25, -0.2) is 4.79 Å². The number of alkyl halides is 2. The highest BCUT2D eigenvalue weighted by Gasteiger charge is 2.44. The zero-order chi connectivity index (χ0) is 12.0. The van der Waals surface area contributed by atoms with Crippen molar-refractivity contribution in [3.05, 3.63) is 35.9 Å². The molecule has 0 aliphatic rings. The quantitative estimate of drug-likeness (QED) is 0.286. The minimum Gasteiger partial charge on any atom is -0.454 e. The predicted octanol–water partition coefficient (Wildman–Crippen LogP) is 2.12. The molecule has 0 saturated carbocycles. The van der Waals surface area contributed by atoms with Gasteiger partial charge >= 0.3 is 12.1 Å². The third kappa shape index (κ3) is 3.76. The summed E-state index contributed by atoms with van der Waals surface area (Å²) in [6, 6.07) is 8.38. The molecule has 16 heavy (non-hydrogen) atoms. The van der Waals surface area contributed by atoms with Gasteiger partial charge in [-0.15, -0.1) is 4.89 Å². The molecule has 0 heterocycles. The largest absolute Gasteiger partial charge is 0.483 e. The molecule has 0 bridgehead atoms. The van der Waals surface area contributed by atoms with Crippen LogP contribution in [-0.2, 0) is 25.4 Å². The number of halogens is 2. The molecule has 0 atom stereocenters. The molecule has 0 spiro atoms. The van der Waals surface area contributed by atoms with Gasteiger partial charge in [0.15, 0.2) is 0 Å². The molecule has 0 saturated heterocycles. The van der Waals surface area contributed by atoms with Gasteiger partial charge in [-0.1, -0.05) is 30.3 Å². The van der Waals surface area contributed by atoms with Crippen LogP contribution in [0, 0.1) is 0 Å². The van der Waals surface area contributed by atoms with E-state index < -0.39 is 12.1 Å². The van der Waals surface area contributed by atoms with E-state index in [9.17, 15) is 13.6 Å². The Labute approximate surface area is 95.7 Å². The van der Waals surface area contributed by atoms with Crippen molar-refractivity contribution in [2.45, 2.75) is 12.7 Å². The Morgan fingerprint density at radius 2 is 1.94 bits per heavy atom. The van der Waals surface area contributed by atoms with Crippen molar-refractivity contribution in [2.24, 2.45) is 0 Å². The van der Waals surface area contributed by atoms with E-state index in [1.54, 1.807) is 30.3 Å². The van der Waals surface area contributed by atoms with Crippen molar-refractivity contribution in [3.8, 4) is 0 Å². The molecule has 4 nitrogen and oxygen atoms in total. The van der Waals surface area contributed by atoms with Gasteiger partial charge in [-0.3, -0.25) is 0 Å². The minimum absolute atomic E-state index is 0.273. The van der Waals surface area contributed by atoms with Gasteiger partial charge < -0.3 is 4.74 Å². The third-order valence-electron chi connectivity index (χ3n) is 1.59. The second kappa shape index (κ2) is 5.78. The van der Waals surface area contributed by atoms with Gasteiger partial charge in [0.05, 0.1) is 0 Å². The van der Waals surface area contributed by atoms with Crippen LogP contribution in [0.5, 0.6) is 0 Å². The zero-order valence-electron chi connectivity index (χ0n) is 7.93. The standard InChI is InChI=1S/C9H8F2O4S/c10-9(11,14-15-16)8(12)13-6-7-4-2-1-3-5-7/h1-5,16H,6H2. The van der Waals surface area contributed by atoms with Crippen molar-refractivity contribution >= 4 is 18.9 Å². The number of ether oxygens (including phenoxy) is 1. The van der Waals surface area contributed by atoms with E-state index >= 15 is 0 Å². The summed E-state index contributed by atoms with van der Waals surface area (Å²) in [4.78, 5) is 14.2. The van der Waals surface area contributed by atoms with Gasteiger partial charge in [0.2, 0.25) is 0 Å². The summed E-state index contributed by atoms with van der Waals surface area (Å²) < 4.78 is 33.0. The number of carbonyl (C=O) groups excluding carboxylic acids is 1. The number of hydrogen-bond acceptors (Lipinski definition) is 5. The molecular weight excluding hydrogens is 242 g/mol. The fraction of sp³-hybridized carbons (Fsp3) is 0.222. The third-order valence-corrected chi connectivity index (χ3v) is 1.67. The fourth-order valence-electron chi connectivity index (χ4n) is 0.888. The summed E-state index contributed by atoms with van der Waals surface area (Å²) in [5, 5.41) is 0. The summed E-state index contributed by atoms with van der Waals surface area (Å²) in [7, 11) is 0. The summed E-state index contributed by atoms with van der Waals surface area (Å²) in [5.41, 5.74) is 0.582. The fourth-order valence-corrected chi connectivity index (χ4v) is 0.982. The summed E-state index contributed by atoms with van der Waals surface area (Å²) in [6.07, 6.45) is -4.17. The smallest absolute Gasteiger partial charge is 0.454 e. The Bertz CT molecular complexity index is 345. The normalized spacial score (nSPS) is 11.2. The molecule has 0 N–H and O–H groups in total. The Morgan fingerprint density at radius 1 is 1.31 bits per heavy atom. The number of rotatable bonds is 5. The van der Waals surface area contributed by atoms with Crippen LogP contribution in [0.4, 0.5) is 8.78 Å². The monoisotopic (exact) mass is 250 g/mol. The molecule has 1 aromatic carbocycles. The number of hydrogen-bond donors (Lipinski definition) is 1. The second-order valence-corrected chi connectivity index (χ2v) is 2.89. The van der Waals surface area contributed by atoms with Crippen LogP contribution in [0.3, 0.4) is 0 Å². The maximum atomic E-state index is 12.6. The van der Waals surface area contributed by atoms with Crippen molar-refractivity contribution in [1.82, 2.24) is 0 Å². The lowest BCUT2D eigenvalue weighted by atomic mass is 10.2.